The first-order valence-corrected chi connectivity index (χ1v) is 7.57. The highest BCUT2D eigenvalue weighted by Crippen LogP contribution is 2.23. The Hall–Kier alpha value is -1.38. The molecule has 7 nitrogen and oxygen atoms in total. The highest BCUT2D eigenvalue weighted by Gasteiger charge is 2.27. The summed E-state index contributed by atoms with van der Waals surface area (Å²) in [6.07, 6.45) is 0. The molecule has 0 spiro atoms. The number of nitrogens with two attached hydrogens (primary N) is 1. The van der Waals surface area contributed by atoms with Crippen molar-refractivity contribution in [3.05, 3.63) is 17.6 Å². The number of furan rings is 1. The topological polar surface area (TPSA) is 96.8 Å². The molecular weight excluding hydrogens is 282 g/mol. The average molecular weight is 303 g/mol. The van der Waals surface area contributed by atoms with Crippen LogP contribution in [0, 0.1) is 6.92 Å². The largest absolute Gasteiger partial charge is 0.455 e. The van der Waals surface area contributed by atoms with Gasteiger partial charge in [0, 0.05) is 39.8 Å². The van der Waals surface area contributed by atoms with Gasteiger partial charge in [-0.1, -0.05) is 0 Å². The second kappa shape index (κ2) is 5.94. The first-order chi connectivity index (χ1) is 9.12. The average Bonchev–Trinajstić information content (AvgIpc) is 2.78. The summed E-state index contributed by atoms with van der Waals surface area (Å²) >= 11 is 0. The summed E-state index contributed by atoms with van der Waals surface area (Å²) in [6, 6.07) is 1.09. The smallest absolute Gasteiger partial charge is 0.289 e. The van der Waals surface area contributed by atoms with Crippen molar-refractivity contribution in [1.82, 2.24) is 9.21 Å². The molecule has 0 aliphatic heterocycles. The standard InChI is InChI=1S/C12H21N3O4S/c1-8(7-13)15(5)12(16)10-6-11(9(2)19-10)20(17,18)14(3)4/h6,8H,7,13H2,1-5H3. The number of sulfonamides is 1. The van der Waals surface area contributed by atoms with Gasteiger partial charge in [-0.25, -0.2) is 12.7 Å². The van der Waals surface area contributed by atoms with Gasteiger partial charge in [0.15, 0.2) is 5.76 Å². The molecule has 8 heteroatoms. The van der Waals surface area contributed by atoms with Crippen molar-refractivity contribution in [2.24, 2.45) is 5.73 Å². The van der Waals surface area contributed by atoms with E-state index in [1.165, 1.54) is 32.0 Å². The predicted octanol–water partition coefficient (Wildman–Crippen LogP) is 0.258. The Bertz CT molecular complexity index is 592. The number of amides is 1. The molecule has 1 rings (SSSR count). The number of hydrogen-bond donors (Lipinski definition) is 1. The van der Waals surface area contributed by atoms with E-state index in [1.807, 2.05) is 0 Å². The highest BCUT2D eigenvalue weighted by atomic mass is 32.2. The second-order valence-electron chi connectivity index (χ2n) is 4.82. The lowest BCUT2D eigenvalue weighted by Gasteiger charge is -2.22. The summed E-state index contributed by atoms with van der Waals surface area (Å²) < 4.78 is 30.5. The van der Waals surface area contributed by atoms with E-state index in [0.29, 0.717) is 6.54 Å². The van der Waals surface area contributed by atoms with E-state index in [9.17, 15) is 13.2 Å². The molecule has 1 amide bonds. The Morgan fingerprint density at radius 3 is 2.40 bits per heavy atom. The van der Waals surface area contributed by atoms with Crippen LogP contribution in [0.4, 0.5) is 0 Å². The number of aryl methyl sites for hydroxylation is 1. The van der Waals surface area contributed by atoms with E-state index in [4.69, 9.17) is 10.2 Å². The molecule has 2 N–H and O–H groups in total. The third kappa shape index (κ3) is 3.02. The van der Waals surface area contributed by atoms with E-state index >= 15 is 0 Å². The molecule has 1 atom stereocenters. The minimum atomic E-state index is -3.63. The Kier molecular flexibility index (Phi) is 4.95. The lowest BCUT2D eigenvalue weighted by Crippen LogP contribution is -2.39. The summed E-state index contributed by atoms with van der Waals surface area (Å²) in [7, 11) is 0.812. The van der Waals surface area contributed by atoms with Crippen LogP contribution in [0.3, 0.4) is 0 Å². The molecule has 1 aromatic rings. The molecule has 0 radical (unpaired) electrons. The van der Waals surface area contributed by atoms with Crippen LogP contribution in [0.1, 0.15) is 23.2 Å². The summed E-state index contributed by atoms with van der Waals surface area (Å²) in [5, 5.41) is 0. The minimum Gasteiger partial charge on any atom is -0.455 e. The molecule has 114 valence electrons. The molecule has 0 aliphatic carbocycles. The lowest BCUT2D eigenvalue weighted by atomic mass is 10.3. The zero-order valence-corrected chi connectivity index (χ0v) is 13.2. The van der Waals surface area contributed by atoms with Crippen LogP contribution in [0.25, 0.3) is 0 Å². The van der Waals surface area contributed by atoms with E-state index in [0.717, 1.165) is 4.31 Å². The number of carbonyl (C=O) groups is 1. The molecule has 0 fully saturated rings. The number of nitrogens with zero attached hydrogens (tertiary/aromatic N) is 2. The quantitative estimate of drug-likeness (QED) is 0.841. The SMILES string of the molecule is Cc1oc(C(=O)N(C)C(C)CN)cc1S(=O)(=O)N(C)C. The number of carbonyl (C=O) groups excluding carboxylic acids is 1. The molecule has 0 bridgehead atoms. The van der Waals surface area contributed by atoms with Crippen molar-refractivity contribution in [3.8, 4) is 0 Å². The van der Waals surface area contributed by atoms with Gasteiger partial charge in [0.05, 0.1) is 0 Å². The predicted molar refractivity (Wildman–Crippen MR) is 74.9 cm³/mol. The number of rotatable bonds is 5. The summed E-state index contributed by atoms with van der Waals surface area (Å²) in [5.41, 5.74) is 5.51. The van der Waals surface area contributed by atoms with Gasteiger partial charge in [-0.05, 0) is 13.8 Å². The molecular formula is C12H21N3O4S. The Morgan fingerprint density at radius 2 is 1.95 bits per heavy atom. The number of likely N-dealkylation sites (N-methyl/N-ethyl adjacent to an activating group) is 1. The van der Waals surface area contributed by atoms with Gasteiger partial charge in [-0.3, -0.25) is 4.79 Å². The summed E-state index contributed by atoms with van der Waals surface area (Å²) in [4.78, 5) is 13.6. The van der Waals surface area contributed by atoms with Crippen molar-refractivity contribution in [1.29, 1.82) is 0 Å². The second-order valence-corrected chi connectivity index (χ2v) is 6.94. The molecule has 0 aliphatic rings. The fourth-order valence-electron chi connectivity index (χ4n) is 1.56. The van der Waals surface area contributed by atoms with Gasteiger partial charge in [0.2, 0.25) is 10.0 Å². The molecule has 0 saturated heterocycles. The van der Waals surface area contributed by atoms with Crippen LogP contribution in [0.5, 0.6) is 0 Å². The molecule has 0 aromatic carbocycles. The Balaban J connectivity index is 3.17. The normalized spacial score (nSPS) is 13.6. The first-order valence-electron chi connectivity index (χ1n) is 6.13. The molecule has 0 saturated carbocycles. The minimum absolute atomic E-state index is 0.000323. The highest BCUT2D eigenvalue weighted by molar-refractivity contribution is 7.89. The van der Waals surface area contributed by atoms with Gasteiger partial charge < -0.3 is 15.1 Å². The molecule has 1 unspecified atom stereocenters. The monoisotopic (exact) mass is 303 g/mol. The van der Waals surface area contributed by atoms with Crippen LogP contribution in [-0.2, 0) is 10.0 Å². The van der Waals surface area contributed by atoms with Gasteiger partial charge in [0.25, 0.3) is 5.91 Å². The van der Waals surface area contributed by atoms with E-state index < -0.39 is 15.9 Å². The van der Waals surface area contributed by atoms with Crippen molar-refractivity contribution in [3.63, 3.8) is 0 Å². The molecule has 1 aromatic heterocycles. The lowest BCUT2D eigenvalue weighted by molar-refractivity contribution is 0.0715. The maximum atomic E-state index is 12.2. The van der Waals surface area contributed by atoms with Crippen molar-refractivity contribution < 1.29 is 17.6 Å². The van der Waals surface area contributed by atoms with Crippen molar-refractivity contribution >= 4 is 15.9 Å². The van der Waals surface area contributed by atoms with Gasteiger partial charge in [-0.15, -0.1) is 0 Å². The fourth-order valence-corrected chi connectivity index (χ4v) is 2.61. The zero-order valence-electron chi connectivity index (χ0n) is 12.4. The zero-order chi connectivity index (χ0) is 15.7. The summed E-state index contributed by atoms with van der Waals surface area (Å²) in [5.74, 6) is -0.215. The maximum absolute atomic E-state index is 12.2. The van der Waals surface area contributed by atoms with Crippen LogP contribution < -0.4 is 5.73 Å². The van der Waals surface area contributed by atoms with Crippen LogP contribution in [0.15, 0.2) is 15.4 Å². The Labute approximate surface area is 119 Å². The van der Waals surface area contributed by atoms with Gasteiger partial charge >= 0.3 is 0 Å². The van der Waals surface area contributed by atoms with Crippen LogP contribution >= 0.6 is 0 Å². The fraction of sp³-hybridized carbons (Fsp3) is 0.583. The van der Waals surface area contributed by atoms with Gasteiger partial charge in [-0.2, -0.15) is 0 Å². The van der Waals surface area contributed by atoms with E-state index in [2.05, 4.69) is 0 Å². The van der Waals surface area contributed by atoms with Crippen LogP contribution in [0.2, 0.25) is 0 Å². The summed E-state index contributed by atoms with van der Waals surface area (Å²) in [6.45, 7) is 3.62. The molecule has 1 heterocycles. The van der Waals surface area contributed by atoms with Gasteiger partial charge in [0.1, 0.15) is 10.7 Å². The number of hydrogen-bond acceptors (Lipinski definition) is 5. The third-order valence-electron chi connectivity index (χ3n) is 3.16. The van der Waals surface area contributed by atoms with Crippen LogP contribution in [-0.4, -0.2) is 57.3 Å². The maximum Gasteiger partial charge on any atom is 0.289 e. The van der Waals surface area contributed by atoms with E-state index in [-0.39, 0.29) is 22.5 Å². The molecule has 20 heavy (non-hydrogen) atoms. The third-order valence-corrected chi connectivity index (χ3v) is 5.09. The van der Waals surface area contributed by atoms with E-state index in [1.54, 1.807) is 14.0 Å². The Morgan fingerprint density at radius 1 is 1.40 bits per heavy atom. The first kappa shape index (κ1) is 16.7. The van der Waals surface area contributed by atoms with Crippen molar-refractivity contribution in [2.75, 3.05) is 27.7 Å². The van der Waals surface area contributed by atoms with Crippen molar-refractivity contribution in [2.45, 2.75) is 24.8 Å².